The number of nitrogens with one attached hydrogen (secondary N) is 1. The fraction of sp³-hybridized carbons (Fsp3) is 0.444. The zero-order valence-electron chi connectivity index (χ0n) is 19.4. The first-order valence-corrected chi connectivity index (χ1v) is 11.7. The first-order chi connectivity index (χ1) is 15.5. The third-order valence-electron chi connectivity index (χ3n) is 6.59. The topological polar surface area (TPSA) is 54.6 Å². The molecule has 4 rings (SSSR count). The number of hydrogen-bond donors (Lipinski definition) is 1. The number of methoxy groups -OCH3 is 1. The summed E-state index contributed by atoms with van der Waals surface area (Å²) in [6.07, 6.45) is 6.50. The third-order valence-corrected chi connectivity index (χ3v) is 6.59. The second kappa shape index (κ2) is 10.1. The van der Waals surface area contributed by atoms with Gasteiger partial charge in [0.2, 0.25) is 5.91 Å². The molecule has 5 heteroatoms. The van der Waals surface area contributed by atoms with Crippen LogP contribution in [-0.2, 0) is 4.79 Å². The zero-order valence-corrected chi connectivity index (χ0v) is 19.4. The van der Waals surface area contributed by atoms with Crippen molar-refractivity contribution in [3.05, 3.63) is 59.3 Å². The molecule has 1 aromatic heterocycles. The summed E-state index contributed by atoms with van der Waals surface area (Å²) in [6, 6.07) is 12.4. The van der Waals surface area contributed by atoms with Crippen molar-refractivity contribution < 1.29 is 14.3 Å². The second-order valence-electron chi connectivity index (χ2n) is 8.89. The maximum Gasteiger partial charge on any atom is 0.222 e. The van der Waals surface area contributed by atoms with Crippen LogP contribution in [0.15, 0.2) is 42.6 Å². The highest BCUT2D eigenvalue weighted by Gasteiger charge is 2.25. The van der Waals surface area contributed by atoms with E-state index in [4.69, 9.17) is 9.47 Å². The second-order valence-corrected chi connectivity index (χ2v) is 8.89. The van der Waals surface area contributed by atoms with E-state index in [0.29, 0.717) is 18.9 Å². The number of ether oxygens (including phenoxy) is 2. The van der Waals surface area contributed by atoms with Crippen molar-refractivity contribution >= 4 is 16.8 Å². The molecule has 1 fully saturated rings. The van der Waals surface area contributed by atoms with Crippen molar-refractivity contribution in [2.24, 2.45) is 0 Å². The molecule has 0 atom stereocenters. The van der Waals surface area contributed by atoms with E-state index in [9.17, 15) is 4.79 Å². The first kappa shape index (κ1) is 22.3. The molecular weight excluding hydrogens is 400 g/mol. The molecule has 1 amide bonds. The van der Waals surface area contributed by atoms with E-state index in [1.807, 2.05) is 11.0 Å². The van der Waals surface area contributed by atoms with Crippen molar-refractivity contribution in [1.82, 2.24) is 9.88 Å². The summed E-state index contributed by atoms with van der Waals surface area (Å²) in [7, 11) is 1.70. The lowest BCUT2D eigenvalue weighted by atomic mass is 9.89. The number of amides is 1. The fourth-order valence-corrected chi connectivity index (χ4v) is 4.61. The van der Waals surface area contributed by atoms with Crippen molar-refractivity contribution in [2.75, 3.05) is 26.8 Å². The lowest BCUT2D eigenvalue weighted by molar-refractivity contribution is -0.132. The van der Waals surface area contributed by atoms with Gasteiger partial charge in [0.1, 0.15) is 11.5 Å². The third kappa shape index (κ3) is 5.09. The Morgan fingerprint density at radius 3 is 2.69 bits per heavy atom. The molecule has 3 aromatic rings. The van der Waals surface area contributed by atoms with Gasteiger partial charge in [-0.05, 0) is 86.4 Å². The quantitative estimate of drug-likeness (QED) is 0.459. The SMILES string of the molecule is COc1ccc2[nH]cc(C3CCN(C(=O)CCCCOc4cc(C)ccc4C)CC3)c2c1. The molecule has 170 valence electrons. The normalized spacial score (nSPS) is 14.7. The number of aryl methyl sites for hydroxylation is 2. The number of carbonyl (C=O) groups is 1. The number of H-pyrrole nitrogens is 1. The van der Waals surface area contributed by atoms with E-state index in [-0.39, 0.29) is 5.91 Å². The Hall–Kier alpha value is -2.95. The predicted molar refractivity (Wildman–Crippen MR) is 129 cm³/mol. The van der Waals surface area contributed by atoms with Gasteiger partial charge in [0.05, 0.1) is 13.7 Å². The van der Waals surface area contributed by atoms with E-state index in [1.54, 1.807) is 7.11 Å². The van der Waals surface area contributed by atoms with Crippen molar-refractivity contribution in [3.63, 3.8) is 0 Å². The highest BCUT2D eigenvalue weighted by atomic mass is 16.5. The summed E-state index contributed by atoms with van der Waals surface area (Å²) in [5, 5.41) is 1.23. The maximum absolute atomic E-state index is 12.7. The van der Waals surface area contributed by atoms with Crippen molar-refractivity contribution in [1.29, 1.82) is 0 Å². The summed E-state index contributed by atoms with van der Waals surface area (Å²) in [4.78, 5) is 18.1. The number of unbranched alkanes of at least 4 members (excludes halogenated alkanes) is 1. The minimum absolute atomic E-state index is 0.274. The largest absolute Gasteiger partial charge is 0.497 e. The zero-order chi connectivity index (χ0) is 22.5. The van der Waals surface area contributed by atoms with Crippen LogP contribution in [0.3, 0.4) is 0 Å². The van der Waals surface area contributed by atoms with Gasteiger partial charge in [-0.2, -0.15) is 0 Å². The average Bonchev–Trinajstić information content (AvgIpc) is 3.24. The summed E-state index contributed by atoms with van der Waals surface area (Å²) < 4.78 is 11.3. The van der Waals surface area contributed by atoms with E-state index in [0.717, 1.165) is 61.4 Å². The molecule has 0 radical (unpaired) electrons. The molecule has 5 nitrogen and oxygen atoms in total. The van der Waals surface area contributed by atoms with Gasteiger partial charge in [-0.15, -0.1) is 0 Å². The van der Waals surface area contributed by atoms with Gasteiger partial charge >= 0.3 is 0 Å². The van der Waals surface area contributed by atoms with Gasteiger partial charge in [0, 0.05) is 36.6 Å². The molecule has 0 saturated carbocycles. The molecule has 0 unspecified atom stereocenters. The van der Waals surface area contributed by atoms with Crippen molar-refractivity contribution in [2.45, 2.75) is 51.9 Å². The standard InChI is InChI=1S/C27H34N2O3/c1-19-7-8-20(2)26(16-19)32-15-5-4-6-27(30)29-13-11-21(12-14-29)24-18-28-25-10-9-22(31-3)17-23(24)25/h7-10,16-18,21,28H,4-6,11-15H2,1-3H3. The van der Waals surface area contributed by atoms with Crippen LogP contribution in [0.25, 0.3) is 10.9 Å². The smallest absolute Gasteiger partial charge is 0.222 e. The first-order valence-electron chi connectivity index (χ1n) is 11.7. The summed E-state index contributed by atoms with van der Waals surface area (Å²) in [5.41, 5.74) is 4.84. The molecular formula is C27H34N2O3. The van der Waals surface area contributed by atoms with Crippen LogP contribution in [0, 0.1) is 13.8 Å². The van der Waals surface area contributed by atoms with Gasteiger partial charge in [0.15, 0.2) is 0 Å². The Balaban J connectivity index is 1.21. The van der Waals surface area contributed by atoms with E-state index >= 15 is 0 Å². The molecule has 2 aromatic carbocycles. The average molecular weight is 435 g/mol. The number of aromatic amines is 1. The highest BCUT2D eigenvalue weighted by molar-refractivity contribution is 5.85. The monoisotopic (exact) mass is 434 g/mol. The van der Waals surface area contributed by atoms with Crippen LogP contribution in [0.5, 0.6) is 11.5 Å². The highest BCUT2D eigenvalue weighted by Crippen LogP contribution is 2.34. The number of carbonyl (C=O) groups excluding carboxylic acids is 1. The number of nitrogens with zero attached hydrogens (tertiary/aromatic N) is 1. The van der Waals surface area contributed by atoms with Gasteiger partial charge in [-0.25, -0.2) is 0 Å². The van der Waals surface area contributed by atoms with E-state index < -0.39 is 0 Å². The van der Waals surface area contributed by atoms with Crippen LogP contribution < -0.4 is 9.47 Å². The van der Waals surface area contributed by atoms with Crippen molar-refractivity contribution in [3.8, 4) is 11.5 Å². The Labute approximate surface area is 190 Å². The fourth-order valence-electron chi connectivity index (χ4n) is 4.61. The summed E-state index contributed by atoms with van der Waals surface area (Å²) in [6.45, 7) is 6.46. The summed E-state index contributed by atoms with van der Waals surface area (Å²) >= 11 is 0. The molecule has 32 heavy (non-hydrogen) atoms. The molecule has 0 bridgehead atoms. The Kier molecular flexibility index (Phi) is 7.03. The van der Waals surface area contributed by atoms with E-state index in [1.165, 1.54) is 16.5 Å². The van der Waals surface area contributed by atoms with Gasteiger partial charge < -0.3 is 19.4 Å². The number of fused-ring (bicyclic) bond motifs is 1. The Morgan fingerprint density at radius 2 is 1.91 bits per heavy atom. The number of piperidine rings is 1. The number of hydrogen-bond acceptors (Lipinski definition) is 3. The Bertz CT molecular complexity index is 1060. The molecule has 0 spiro atoms. The van der Waals surface area contributed by atoms with Crippen LogP contribution in [0.2, 0.25) is 0 Å². The van der Waals surface area contributed by atoms with Crippen LogP contribution >= 0.6 is 0 Å². The molecule has 0 aliphatic carbocycles. The lowest BCUT2D eigenvalue weighted by Crippen LogP contribution is -2.37. The number of likely N-dealkylation sites (tertiary alicyclic amines) is 1. The minimum atomic E-state index is 0.274. The molecule has 1 aliphatic heterocycles. The number of aromatic nitrogens is 1. The maximum atomic E-state index is 12.7. The molecule has 1 saturated heterocycles. The molecule has 1 N–H and O–H groups in total. The number of benzene rings is 2. The lowest BCUT2D eigenvalue weighted by Gasteiger charge is -2.32. The van der Waals surface area contributed by atoms with Crippen LogP contribution in [0.1, 0.15) is 54.7 Å². The van der Waals surface area contributed by atoms with Crippen LogP contribution in [-0.4, -0.2) is 42.6 Å². The molecule has 2 heterocycles. The summed E-state index contributed by atoms with van der Waals surface area (Å²) in [5.74, 6) is 2.59. The Morgan fingerprint density at radius 1 is 1.09 bits per heavy atom. The van der Waals surface area contributed by atoms with Gasteiger partial charge in [-0.3, -0.25) is 4.79 Å². The van der Waals surface area contributed by atoms with Crippen LogP contribution in [0.4, 0.5) is 0 Å². The van der Waals surface area contributed by atoms with E-state index in [2.05, 4.69) is 55.4 Å². The van der Waals surface area contributed by atoms with Gasteiger partial charge in [-0.1, -0.05) is 12.1 Å². The predicted octanol–water partition coefficient (Wildman–Crippen LogP) is 5.75. The number of rotatable bonds is 8. The minimum Gasteiger partial charge on any atom is -0.497 e. The van der Waals surface area contributed by atoms with Gasteiger partial charge in [0.25, 0.3) is 0 Å². The molecule has 1 aliphatic rings.